The van der Waals surface area contributed by atoms with Crippen LogP contribution < -0.4 is 0 Å². The van der Waals surface area contributed by atoms with Crippen molar-refractivity contribution in [3.05, 3.63) is 35.9 Å². The second-order valence-electron chi connectivity index (χ2n) is 8.26. The van der Waals surface area contributed by atoms with Gasteiger partial charge in [-0.15, -0.1) is 0 Å². The third-order valence-corrected chi connectivity index (χ3v) is 6.83. The van der Waals surface area contributed by atoms with Crippen LogP contribution in [0.2, 0.25) is 0 Å². The van der Waals surface area contributed by atoms with Crippen molar-refractivity contribution in [2.45, 2.75) is 69.2 Å². The maximum absolute atomic E-state index is 13.1. The first kappa shape index (κ1) is 17.1. The fourth-order valence-corrected chi connectivity index (χ4v) is 5.44. The number of carbonyl (C=O) groups is 1. The number of esters is 1. The first-order valence-corrected chi connectivity index (χ1v) is 10.3. The van der Waals surface area contributed by atoms with Crippen LogP contribution >= 0.6 is 0 Å². The number of benzene rings is 1. The Balaban J connectivity index is 1.44. The van der Waals surface area contributed by atoms with Gasteiger partial charge in [0.15, 0.2) is 0 Å². The van der Waals surface area contributed by atoms with Crippen molar-refractivity contribution in [3.8, 4) is 0 Å². The van der Waals surface area contributed by atoms with Crippen LogP contribution in [0.15, 0.2) is 30.3 Å². The fraction of sp³-hybridized carbons (Fsp3) is 0.682. The van der Waals surface area contributed by atoms with Gasteiger partial charge in [0.25, 0.3) is 0 Å². The summed E-state index contributed by atoms with van der Waals surface area (Å²) in [6, 6.07) is 11.0. The van der Waals surface area contributed by atoms with Crippen LogP contribution in [0.25, 0.3) is 0 Å². The maximum Gasteiger partial charge on any atom is 0.316 e. The third-order valence-electron chi connectivity index (χ3n) is 6.83. The lowest BCUT2D eigenvalue weighted by Crippen LogP contribution is -2.49. The zero-order valence-corrected chi connectivity index (χ0v) is 15.3. The molecular formula is C22H31NO2. The van der Waals surface area contributed by atoms with Gasteiger partial charge < -0.3 is 4.74 Å². The Kier molecular flexibility index (Phi) is 5.12. The van der Waals surface area contributed by atoms with Crippen molar-refractivity contribution in [1.82, 2.24) is 4.90 Å². The SMILES string of the molecule is O=C(OC[C@H]1CCCN2CCCC[C@@H]12)C1(c2ccccc2)CCCC1. The normalized spacial score (nSPS) is 29.1. The van der Waals surface area contributed by atoms with Crippen LogP contribution in [-0.4, -0.2) is 36.6 Å². The Morgan fingerprint density at radius 3 is 2.56 bits per heavy atom. The number of piperidine rings is 2. The number of carbonyl (C=O) groups excluding carboxylic acids is 1. The topological polar surface area (TPSA) is 29.5 Å². The van der Waals surface area contributed by atoms with Crippen molar-refractivity contribution in [2.75, 3.05) is 19.7 Å². The Bertz CT molecular complexity index is 577. The van der Waals surface area contributed by atoms with Gasteiger partial charge in [-0.3, -0.25) is 9.69 Å². The average Bonchev–Trinajstić information content (AvgIpc) is 3.18. The van der Waals surface area contributed by atoms with E-state index in [4.69, 9.17) is 4.74 Å². The first-order valence-electron chi connectivity index (χ1n) is 10.3. The molecule has 2 aliphatic heterocycles. The summed E-state index contributed by atoms with van der Waals surface area (Å²) in [6.45, 7) is 3.10. The van der Waals surface area contributed by atoms with E-state index in [0.717, 1.165) is 31.2 Å². The zero-order chi connectivity index (χ0) is 17.1. The molecule has 1 saturated carbocycles. The molecule has 0 amide bonds. The van der Waals surface area contributed by atoms with E-state index in [0.29, 0.717) is 18.6 Å². The highest BCUT2D eigenvalue weighted by atomic mass is 16.5. The molecule has 1 aliphatic carbocycles. The van der Waals surface area contributed by atoms with Crippen LogP contribution in [-0.2, 0) is 14.9 Å². The molecule has 0 aromatic heterocycles. The van der Waals surface area contributed by atoms with Crippen molar-refractivity contribution < 1.29 is 9.53 Å². The fourth-order valence-electron chi connectivity index (χ4n) is 5.44. The largest absolute Gasteiger partial charge is 0.465 e. The number of hydrogen-bond donors (Lipinski definition) is 0. The van der Waals surface area contributed by atoms with Gasteiger partial charge in [0.1, 0.15) is 0 Å². The van der Waals surface area contributed by atoms with E-state index in [1.54, 1.807) is 0 Å². The summed E-state index contributed by atoms with van der Waals surface area (Å²) in [5.74, 6) is 0.566. The molecule has 0 spiro atoms. The minimum atomic E-state index is -0.387. The number of hydrogen-bond acceptors (Lipinski definition) is 3. The zero-order valence-electron chi connectivity index (χ0n) is 15.3. The van der Waals surface area contributed by atoms with Crippen LogP contribution in [0.4, 0.5) is 0 Å². The van der Waals surface area contributed by atoms with Crippen molar-refractivity contribution >= 4 is 5.97 Å². The van der Waals surface area contributed by atoms with Crippen molar-refractivity contribution in [1.29, 1.82) is 0 Å². The van der Waals surface area contributed by atoms with Gasteiger partial charge in [-0.1, -0.05) is 49.6 Å². The first-order chi connectivity index (χ1) is 12.3. The highest BCUT2D eigenvalue weighted by Crippen LogP contribution is 2.42. The molecular weight excluding hydrogens is 310 g/mol. The predicted molar refractivity (Wildman–Crippen MR) is 99.5 cm³/mol. The minimum Gasteiger partial charge on any atom is -0.465 e. The summed E-state index contributed by atoms with van der Waals surface area (Å²) < 4.78 is 6.01. The smallest absolute Gasteiger partial charge is 0.316 e. The Morgan fingerprint density at radius 2 is 1.76 bits per heavy atom. The summed E-state index contributed by atoms with van der Waals surface area (Å²) in [5.41, 5.74) is 0.766. The van der Waals surface area contributed by atoms with E-state index in [-0.39, 0.29) is 11.4 Å². The van der Waals surface area contributed by atoms with E-state index < -0.39 is 0 Å². The predicted octanol–water partition coefficient (Wildman–Crippen LogP) is 4.31. The lowest BCUT2D eigenvalue weighted by Gasteiger charge is -2.44. The molecule has 0 N–H and O–H groups in total. The molecule has 2 atom stereocenters. The Labute approximate surface area is 151 Å². The second kappa shape index (κ2) is 7.49. The molecule has 4 rings (SSSR count). The van der Waals surface area contributed by atoms with Gasteiger partial charge in [0.05, 0.1) is 12.0 Å². The molecule has 3 nitrogen and oxygen atoms in total. The molecule has 3 aliphatic rings. The van der Waals surface area contributed by atoms with Gasteiger partial charge in [0, 0.05) is 12.0 Å². The molecule has 136 valence electrons. The third kappa shape index (κ3) is 3.36. The Hall–Kier alpha value is -1.35. The maximum atomic E-state index is 13.1. The number of rotatable bonds is 4. The van der Waals surface area contributed by atoms with Gasteiger partial charge in [-0.05, 0) is 57.2 Å². The van der Waals surface area contributed by atoms with Crippen molar-refractivity contribution in [2.24, 2.45) is 5.92 Å². The van der Waals surface area contributed by atoms with Gasteiger partial charge in [-0.2, -0.15) is 0 Å². The summed E-state index contributed by atoms with van der Waals surface area (Å²) in [7, 11) is 0. The van der Waals surface area contributed by atoms with Gasteiger partial charge >= 0.3 is 5.97 Å². The van der Waals surface area contributed by atoms with E-state index in [9.17, 15) is 4.79 Å². The van der Waals surface area contributed by atoms with E-state index in [1.165, 1.54) is 45.2 Å². The Morgan fingerprint density at radius 1 is 1.00 bits per heavy atom. The number of nitrogens with zero attached hydrogens (tertiary/aromatic N) is 1. The average molecular weight is 341 g/mol. The summed E-state index contributed by atoms with van der Waals surface area (Å²) in [6.07, 6.45) is 10.6. The van der Waals surface area contributed by atoms with Crippen LogP contribution in [0.1, 0.15) is 63.4 Å². The molecule has 2 heterocycles. The molecule has 0 bridgehead atoms. The lowest BCUT2D eigenvalue weighted by atomic mass is 9.79. The highest BCUT2D eigenvalue weighted by molar-refractivity contribution is 5.83. The van der Waals surface area contributed by atoms with Gasteiger partial charge in [-0.25, -0.2) is 0 Å². The van der Waals surface area contributed by atoms with E-state index in [1.807, 2.05) is 18.2 Å². The summed E-state index contributed by atoms with van der Waals surface area (Å²) in [4.78, 5) is 15.8. The summed E-state index contributed by atoms with van der Waals surface area (Å²) >= 11 is 0. The molecule has 0 unspecified atom stereocenters. The molecule has 3 heteroatoms. The lowest BCUT2D eigenvalue weighted by molar-refractivity contribution is -0.153. The highest BCUT2D eigenvalue weighted by Gasteiger charge is 2.44. The molecule has 1 aromatic rings. The minimum absolute atomic E-state index is 0.0316. The van der Waals surface area contributed by atoms with E-state index >= 15 is 0 Å². The number of ether oxygens (including phenoxy) is 1. The molecule has 3 fully saturated rings. The molecule has 25 heavy (non-hydrogen) atoms. The van der Waals surface area contributed by atoms with Crippen LogP contribution in [0, 0.1) is 5.92 Å². The van der Waals surface area contributed by atoms with Crippen LogP contribution in [0.3, 0.4) is 0 Å². The van der Waals surface area contributed by atoms with Gasteiger partial charge in [0.2, 0.25) is 0 Å². The van der Waals surface area contributed by atoms with E-state index in [2.05, 4.69) is 17.0 Å². The molecule has 2 saturated heterocycles. The van der Waals surface area contributed by atoms with Crippen molar-refractivity contribution in [3.63, 3.8) is 0 Å². The molecule has 1 aromatic carbocycles. The quantitative estimate of drug-likeness (QED) is 0.765. The van der Waals surface area contributed by atoms with Crippen LogP contribution in [0.5, 0.6) is 0 Å². The standard InChI is InChI=1S/C22H31NO2/c24-21(22(13-5-6-14-22)19-10-2-1-3-11-19)25-17-18-9-8-16-23-15-7-4-12-20(18)23/h1-3,10-11,18,20H,4-9,12-17H2/t18-,20+/m1/s1. The summed E-state index contributed by atoms with van der Waals surface area (Å²) in [5, 5.41) is 0. The number of fused-ring (bicyclic) bond motifs is 1. The second-order valence-corrected chi connectivity index (χ2v) is 8.26. The molecule has 0 radical (unpaired) electrons. The monoisotopic (exact) mass is 341 g/mol.